The van der Waals surface area contributed by atoms with E-state index in [1.807, 2.05) is 56.8 Å². The lowest BCUT2D eigenvalue weighted by Crippen LogP contribution is -2.12. The van der Waals surface area contributed by atoms with Gasteiger partial charge in [0.05, 0.1) is 11.4 Å². The number of H-pyrrole nitrogens is 1. The summed E-state index contributed by atoms with van der Waals surface area (Å²) in [6.45, 7) is 5.92. The Morgan fingerprint density at radius 2 is 1.87 bits per heavy atom. The van der Waals surface area contributed by atoms with E-state index in [-0.39, 0.29) is 5.91 Å². The summed E-state index contributed by atoms with van der Waals surface area (Å²) >= 11 is 0. The molecule has 2 N–H and O–H groups in total. The Balaban J connectivity index is 1.84. The first-order valence-corrected chi connectivity index (χ1v) is 7.39. The number of nitrogens with zero attached hydrogens (tertiary/aromatic N) is 3. The molecule has 3 aromatic rings. The smallest absolute Gasteiger partial charge is 0.273 e. The van der Waals surface area contributed by atoms with Gasteiger partial charge in [-0.3, -0.25) is 14.6 Å². The van der Waals surface area contributed by atoms with Gasteiger partial charge in [-0.25, -0.2) is 0 Å². The van der Waals surface area contributed by atoms with Gasteiger partial charge in [0, 0.05) is 24.0 Å². The van der Waals surface area contributed by atoms with E-state index in [0.29, 0.717) is 5.69 Å². The van der Waals surface area contributed by atoms with Gasteiger partial charge in [0.2, 0.25) is 0 Å². The third-order valence-corrected chi connectivity index (χ3v) is 3.90. The van der Waals surface area contributed by atoms with Gasteiger partial charge in [-0.2, -0.15) is 10.2 Å². The summed E-state index contributed by atoms with van der Waals surface area (Å²) in [7, 11) is 1.89. The average Bonchev–Trinajstić information content (AvgIpc) is 3.07. The van der Waals surface area contributed by atoms with Crippen LogP contribution in [0.25, 0.3) is 11.3 Å². The molecule has 0 fully saturated rings. The van der Waals surface area contributed by atoms with Gasteiger partial charge in [-0.15, -0.1) is 0 Å². The van der Waals surface area contributed by atoms with Crippen LogP contribution in [0.15, 0.2) is 30.3 Å². The number of carbonyl (C=O) groups excluding carboxylic acids is 1. The maximum absolute atomic E-state index is 12.3. The van der Waals surface area contributed by atoms with Gasteiger partial charge in [0.1, 0.15) is 5.69 Å². The van der Waals surface area contributed by atoms with Crippen molar-refractivity contribution < 1.29 is 4.79 Å². The fraction of sp³-hybridized carbons (Fsp3) is 0.235. The van der Waals surface area contributed by atoms with Crippen molar-refractivity contribution >= 4 is 11.6 Å². The monoisotopic (exact) mass is 309 g/mol. The van der Waals surface area contributed by atoms with Crippen LogP contribution in [0, 0.1) is 20.8 Å². The Kier molecular flexibility index (Phi) is 3.73. The van der Waals surface area contributed by atoms with Crippen molar-refractivity contribution in [3.8, 4) is 11.3 Å². The van der Waals surface area contributed by atoms with Crippen LogP contribution in [-0.2, 0) is 7.05 Å². The second-order valence-electron chi connectivity index (χ2n) is 5.66. The lowest BCUT2D eigenvalue weighted by atomic mass is 10.1. The molecular weight excluding hydrogens is 290 g/mol. The number of rotatable bonds is 3. The Morgan fingerprint density at radius 3 is 2.48 bits per heavy atom. The molecule has 0 bridgehead atoms. The standard InChI is InChI=1S/C17H19N5O/c1-10-5-7-13(8-6-10)18-17(23)15-9-14(19-20-15)16-11(2)21-22(4)12(16)3/h5-9H,1-4H3,(H,18,23)(H,19,20). The van der Waals surface area contributed by atoms with E-state index in [1.165, 1.54) is 0 Å². The molecule has 0 aliphatic heterocycles. The van der Waals surface area contributed by atoms with Crippen molar-refractivity contribution in [3.05, 3.63) is 53.0 Å². The molecule has 0 unspecified atom stereocenters. The van der Waals surface area contributed by atoms with Gasteiger partial charge >= 0.3 is 0 Å². The molecule has 118 valence electrons. The normalized spacial score (nSPS) is 10.8. The molecule has 0 saturated heterocycles. The van der Waals surface area contributed by atoms with Crippen LogP contribution in [-0.4, -0.2) is 25.9 Å². The summed E-state index contributed by atoms with van der Waals surface area (Å²) < 4.78 is 1.81. The zero-order valence-electron chi connectivity index (χ0n) is 13.6. The molecule has 1 aromatic carbocycles. The van der Waals surface area contributed by atoms with Crippen molar-refractivity contribution in [2.75, 3.05) is 5.32 Å². The second kappa shape index (κ2) is 5.72. The number of carbonyl (C=O) groups is 1. The fourth-order valence-electron chi connectivity index (χ4n) is 2.55. The summed E-state index contributed by atoms with van der Waals surface area (Å²) in [5.74, 6) is -0.216. The molecule has 2 aromatic heterocycles. The molecule has 1 amide bonds. The minimum Gasteiger partial charge on any atom is -0.321 e. The van der Waals surface area contributed by atoms with Gasteiger partial charge in [0.25, 0.3) is 5.91 Å². The molecule has 0 spiro atoms. The molecule has 6 nitrogen and oxygen atoms in total. The van der Waals surface area contributed by atoms with E-state index >= 15 is 0 Å². The lowest BCUT2D eigenvalue weighted by molar-refractivity contribution is 0.102. The Labute approximate surface area is 134 Å². The van der Waals surface area contributed by atoms with Crippen LogP contribution in [0.5, 0.6) is 0 Å². The number of hydrogen-bond donors (Lipinski definition) is 2. The average molecular weight is 309 g/mol. The summed E-state index contributed by atoms with van der Waals surface area (Å²) in [6.07, 6.45) is 0. The molecule has 2 heterocycles. The highest BCUT2D eigenvalue weighted by Gasteiger charge is 2.17. The van der Waals surface area contributed by atoms with Crippen molar-refractivity contribution in [2.24, 2.45) is 7.05 Å². The minimum absolute atomic E-state index is 0.216. The highest BCUT2D eigenvalue weighted by molar-refractivity contribution is 6.03. The first-order chi connectivity index (χ1) is 11.0. The number of anilines is 1. The number of aryl methyl sites for hydroxylation is 3. The third kappa shape index (κ3) is 2.88. The van der Waals surface area contributed by atoms with E-state index in [4.69, 9.17) is 0 Å². The van der Waals surface area contributed by atoms with Crippen LogP contribution < -0.4 is 5.32 Å². The van der Waals surface area contributed by atoms with Crippen molar-refractivity contribution in [1.29, 1.82) is 0 Å². The van der Waals surface area contributed by atoms with E-state index < -0.39 is 0 Å². The predicted molar refractivity (Wildman–Crippen MR) is 89.4 cm³/mol. The molecule has 0 aliphatic rings. The lowest BCUT2D eigenvalue weighted by Gasteiger charge is -2.03. The zero-order valence-corrected chi connectivity index (χ0v) is 13.6. The van der Waals surface area contributed by atoms with Crippen LogP contribution in [0.4, 0.5) is 5.69 Å². The topological polar surface area (TPSA) is 75.6 Å². The molecule has 0 saturated carbocycles. The Hall–Kier alpha value is -2.89. The SMILES string of the molecule is Cc1ccc(NC(=O)c2cc(-c3c(C)nn(C)c3C)n[nH]2)cc1. The van der Waals surface area contributed by atoms with Crippen molar-refractivity contribution in [2.45, 2.75) is 20.8 Å². The molecule has 0 aliphatic carbocycles. The van der Waals surface area contributed by atoms with Gasteiger partial charge < -0.3 is 5.32 Å². The largest absolute Gasteiger partial charge is 0.321 e. The maximum atomic E-state index is 12.3. The van der Waals surface area contributed by atoms with E-state index in [1.54, 1.807) is 6.07 Å². The van der Waals surface area contributed by atoms with Crippen LogP contribution in [0.1, 0.15) is 27.4 Å². The predicted octanol–water partition coefficient (Wildman–Crippen LogP) is 2.99. The molecule has 0 radical (unpaired) electrons. The second-order valence-corrected chi connectivity index (χ2v) is 5.66. The summed E-state index contributed by atoms with van der Waals surface area (Å²) in [5, 5.41) is 14.3. The minimum atomic E-state index is -0.216. The van der Waals surface area contributed by atoms with Gasteiger partial charge in [-0.1, -0.05) is 17.7 Å². The van der Waals surface area contributed by atoms with E-state index in [9.17, 15) is 4.79 Å². The van der Waals surface area contributed by atoms with Crippen molar-refractivity contribution in [1.82, 2.24) is 20.0 Å². The van der Waals surface area contributed by atoms with Gasteiger partial charge in [-0.05, 0) is 39.0 Å². The number of nitrogens with one attached hydrogen (secondary N) is 2. The first kappa shape index (κ1) is 15.0. The highest BCUT2D eigenvalue weighted by Crippen LogP contribution is 2.25. The van der Waals surface area contributed by atoms with Crippen LogP contribution in [0.3, 0.4) is 0 Å². The van der Waals surface area contributed by atoms with Crippen LogP contribution in [0.2, 0.25) is 0 Å². The number of aromatic amines is 1. The Morgan fingerprint density at radius 1 is 1.17 bits per heavy atom. The summed E-state index contributed by atoms with van der Waals surface area (Å²) in [5.41, 5.74) is 5.91. The molecule has 23 heavy (non-hydrogen) atoms. The first-order valence-electron chi connectivity index (χ1n) is 7.39. The zero-order chi connectivity index (χ0) is 16.6. The highest BCUT2D eigenvalue weighted by atomic mass is 16.1. The molecule has 6 heteroatoms. The number of amides is 1. The fourth-order valence-corrected chi connectivity index (χ4v) is 2.55. The summed E-state index contributed by atoms with van der Waals surface area (Å²) in [4.78, 5) is 12.3. The molecular formula is C17H19N5O. The van der Waals surface area contributed by atoms with E-state index in [2.05, 4.69) is 20.6 Å². The van der Waals surface area contributed by atoms with Crippen LogP contribution >= 0.6 is 0 Å². The Bertz CT molecular complexity index is 858. The molecule has 3 rings (SSSR count). The number of hydrogen-bond acceptors (Lipinski definition) is 3. The van der Waals surface area contributed by atoms with E-state index in [0.717, 1.165) is 33.9 Å². The third-order valence-electron chi connectivity index (χ3n) is 3.90. The van der Waals surface area contributed by atoms with Gasteiger partial charge in [0.15, 0.2) is 0 Å². The molecule has 0 atom stereocenters. The quantitative estimate of drug-likeness (QED) is 0.781. The number of aromatic nitrogens is 4. The van der Waals surface area contributed by atoms with Crippen molar-refractivity contribution in [3.63, 3.8) is 0 Å². The maximum Gasteiger partial charge on any atom is 0.273 e. The summed E-state index contributed by atoms with van der Waals surface area (Å²) in [6, 6.07) is 9.41. The number of benzene rings is 1.